The summed E-state index contributed by atoms with van der Waals surface area (Å²) in [5, 5.41) is 0. The molecule has 0 aliphatic carbocycles. The maximum absolute atomic E-state index is 13.5. The fourth-order valence-corrected chi connectivity index (χ4v) is 6.05. The number of hydrogen-bond acceptors (Lipinski definition) is 3. The summed E-state index contributed by atoms with van der Waals surface area (Å²) in [5.74, 6) is 0. The maximum atomic E-state index is 13.5. The second-order valence-corrected chi connectivity index (χ2v) is 8.94. The number of rotatable bonds is 3. The third-order valence-corrected chi connectivity index (χ3v) is 7.48. The largest absolute Gasteiger partial charge is 0.297 e. The van der Waals surface area contributed by atoms with Crippen molar-refractivity contribution in [2.75, 3.05) is 19.6 Å². The molecular weight excluding hydrogens is 332 g/mol. The van der Waals surface area contributed by atoms with E-state index in [-0.39, 0.29) is 6.04 Å². The molecule has 0 aromatic heterocycles. The molecule has 2 aromatic carbocycles. The Morgan fingerprint density at radius 2 is 1.68 bits per heavy atom. The molecule has 2 fully saturated rings. The van der Waals surface area contributed by atoms with E-state index in [0.717, 1.165) is 30.6 Å². The molecule has 0 radical (unpaired) electrons. The number of hydrogen-bond donors (Lipinski definition) is 0. The van der Waals surface area contributed by atoms with Crippen LogP contribution < -0.4 is 0 Å². The lowest BCUT2D eigenvalue weighted by Crippen LogP contribution is -2.56. The highest BCUT2D eigenvalue weighted by atomic mass is 32.2. The quantitative estimate of drug-likeness (QED) is 0.848. The van der Waals surface area contributed by atoms with Crippen LogP contribution in [-0.2, 0) is 10.0 Å². The molecule has 4 nitrogen and oxygen atoms in total. The molecule has 25 heavy (non-hydrogen) atoms. The Labute approximate surface area is 150 Å². The van der Waals surface area contributed by atoms with Gasteiger partial charge in [-0.1, -0.05) is 48.5 Å². The Morgan fingerprint density at radius 1 is 0.960 bits per heavy atom. The first-order valence-corrected chi connectivity index (χ1v) is 10.4. The SMILES string of the molecule is C[C@H]1CN2CCC[C@@H]2CN1S(=O)(=O)c1ccccc1-c1ccccc1. The fraction of sp³-hybridized carbons (Fsp3) is 0.400. The van der Waals surface area contributed by atoms with Crippen molar-refractivity contribution in [3.05, 3.63) is 54.6 Å². The highest BCUT2D eigenvalue weighted by molar-refractivity contribution is 7.89. The Kier molecular flexibility index (Phi) is 4.40. The summed E-state index contributed by atoms with van der Waals surface area (Å²) >= 11 is 0. The standard InChI is InChI=1S/C20H24N2O2S/c1-16-14-21-13-7-10-18(21)15-22(16)25(23,24)20-12-6-5-11-19(20)17-8-3-2-4-9-17/h2-6,8-9,11-12,16,18H,7,10,13-15H2,1H3/t16-,18+/m0/s1. The molecule has 0 bridgehead atoms. The van der Waals surface area contributed by atoms with E-state index in [1.54, 1.807) is 10.4 Å². The van der Waals surface area contributed by atoms with Gasteiger partial charge in [0.1, 0.15) is 0 Å². The first-order valence-electron chi connectivity index (χ1n) is 8.98. The lowest BCUT2D eigenvalue weighted by atomic mass is 10.1. The summed E-state index contributed by atoms with van der Waals surface area (Å²) in [7, 11) is -3.52. The summed E-state index contributed by atoms with van der Waals surface area (Å²) < 4.78 is 28.7. The van der Waals surface area contributed by atoms with E-state index in [1.807, 2.05) is 55.5 Å². The van der Waals surface area contributed by atoms with Gasteiger partial charge in [-0.15, -0.1) is 0 Å². The molecule has 0 spiro atoms. The van der Waals surface area contributed by atoms with E-state index in [2.05, 4.69) is 4.90 Å². The van der Waals surface area contributed by atoms with Gasteiger partial charge in [0, 0.05) is 30.7 Å². The molecule has 2 aliphatic rings. The predicted octanol–water partition coefficient (Wildman–Crippen LogP) is 3.21. The topological polar surface area (TPSA) is 40.6 Å². The van der Waals surface area contributed by atoms with Crippen molar-refractivity contribution >= 4 is 10.0 Å². The smallest absolute Gasteiger partial charge is 0.244 e. The van der Waals surface area contributed by atoms with Crippen molar-refractivity contribution in [1.82, 2.24) is 9.21 Å². The van der Waals surface area contributed by atoms with Crippen molar-refractivity contribution < 1.29 is 8.42 Å². The zero-order valence-electron chi connectivity index (χ0n) is 14.5. The van der Waals surface area contributed by atoms with E-state index in [4.69, 9.17) is 0 Å². The predicted molar refractivity (Wildman–Crippen MR) is 99.8 cm³/mol. The lowest BCUT2D eigenvalue weighted by molar-refractivity contribution is 0.117. The van der Waals surface area contributed by atoms with E-state index >= 15 is 0 Å². The minimum atomic E-state index is -3.52. The second-order valence-electron chi connectivity index (χ2n) is 7.08. The molecule has 0 unspecified atom stereocenters. The van der Waals surface area contributed by atoms with Crippen molar-refractivity contribution in [1.29, 1.82) is 0 Å². The molecular formula is C20H24N2O2S. The van der Waals surface area contributed by atoms with Crippen LogP contribution >= 0.6 is 0 Å². The van der Waals surface area contributed by atoms with E-state index in [1.165, 1.54) is 6.42 Å². The Bertz CT molecular complexity index is 851. The summed E-state index contributed by atoms with van der Waals surface area (Å²) in [5.41, 5.74) is 1.72. The van der Waals surface area contributed by atoms with Gasteiger partial charge in [0.25, 0.3) is 0 Å². The van der Waals surface area contributed by atoms with Crippen molar-refractivity contribution in [2.24, 2.45) is 0 Å². The van der Waals surface area contributed by atoms with Crippen LogP contribution in [0.15, 0.2) is 59.5 Å². The van der Waals surface area contributed by atoms with Crippen molar-refractivity contribution in [3.8, 4) is 11.1 Å². The number of piperazine rings is 1. The Morgan fingerprint density at radius 3 is 2.48 bits per heavy atom. The maximum Gasteiger partial charge on any atom is 0.244 e. The minimum absolute atomic E-state index is 0.00294. The molecule has 2 aliphatic heterocycles. The van der Waals surface area contributed by atoms with Crippen LogP contribution in [0.1, 0.15) is 19.8 Å². The third kappa shape index (κ3) is 3.01. The molecule has 5 heteroatoms. The molecule has 0 amide bonds. The summed E-state index contributed by atoms with van der Waals surface area (Å²) in [6.07, 6.45) is 2.27. The molecule has 2 aromatic rings. The van der Waals surface area contributed by atoms with Crippen LogP contribution in [-0.4, -0.2) is 49.3 Å². The highest BCUT2D eigenvalue weighted by Crippen LogP contribution is 2.33. The van der Waals surface area contributed by atoms with Gasteiger partial charge in [0.2, 0.25) is 10.0 Å². The van der Waals surface area contributed by atoms with Gasteiger partial charge < -0.3 is 0 Å². The molecule has 4 rings (SSSR count). The number of nitrogens with zero attached hydrogens (tertiary/aromatic N) is 2. The molecule has 2 atom stereocenters. The molecule has 0 saturated carbocycles. The average molecular weight is 356 g/mol. The molecule has 2 heterocycles. The number of fused-ring (bicyclic) bond motifs is 1. The first-order chi connectivity index (χ1) is 12.1. The first kappa shape index (κ1) is 16.8. The van der Waals surface area contributed by atoms with Gasteiger partial charge in [-0.05, 0) is 37.9 Å². The van der Waals surface area contributed by atoms with Crippen LogP contribution in [0.25, 0.3) is 11.1 Å². The highest BCUT2D eigenvalue weighted by Gasteiger charge is 2.40. The van der Waals surface area contributed by atoms with Crippen LogP contribution in [0.5, 0.6) is 0 Å². The van der Waals surface area contributed by atoms with Gasteiger partial charge in [-0.25, -0.2) is 8.42 Å². The Balaban J connectivity index is 1.74. The fourth-order valence-electron chi connectivity index (χ4n) is 4.17. The summed E-state index contributed by atoms with van der Waals surface area (Å²) in [4.78, 5) is 2.86. The van der Waals surface area contributed by atoms with Crippen LogP contribution in [0.4, 0.5) is 0 Å². The molecule has 2 saturated heterocycles. The van der Waals surface area contributed by atoms with Crippen molar-refractivity contribution in [3.63, 3.8) is 0 Å². The van der Waals surface area contributed by atoms with Crippen LogP contribution in [0, 0.1) is 0 Å². The molecule has 132 valence electrons. The van der Waals surface area contributed by atoms with Crippen molar-refractivity contribution in [2.45, 2.75) is 36.7 Å². The van der Waals surface area contributed by atoms with Crippen LogP contribution in [0.3, 0.4) is 0 Å². The Hall–Kier alpha value is -1.69. The zero-order valence-corrected chi connectivity index (χ0v) is 15.3. The number of sulfonamides is 1. The van der Waals surface area contributed by atoms with Gasteiger partial charge in [-0.3, -0.25) is 4.90 Å². The normalized spacial score (nSPS) is 25.0. The molecule has 0 N–H and O–H groups in total. The summed E-state index contributed by atoms with van der Waals surface area (Å²) in [6.45, 7) is 4.56. The minimum Gasteiger partial charge on any atom is -0.297 e. The van der Waals surface area contributed by atoms with Gasteiger partial charge in [-0.2, -0.15) is 4.31 Å². The van der Waals surface area contributed by atoms with E-state index in [9.17, 15) is 8.42 Å². The van der Waals surface area contributed by atoms with E-state index in [0.29, 0.717) is 17.5 Å². The van der Waals surface area contributed by atoms with Gasteiger partial charge in [0.15, 0.2) is 0 Å². The second kappa shape index (κ2) is 6.56. The average Bonchev–Trinajstić information content (AvgIpc) is 3.09. The third-order valence-electron chi connectivity index (χ3n) is 5.44. The van der Waals surface area contributed by atoms with Gasteiger partial charge in [0.05, 0.1) is 4.90 Å². The summed E-state index contributed by atoms with van der Waals surface area (Å²) in [6, 6.07) is 17.5. The monoisotopic (exact) mass is 356 g/mol. The van der Waals surface area contributed by atoms with Gasteiger partial charge >= 0.3 is 0 Å². The van der Waals surface area contributed by atoms with E-state index < -0.39 is 10.0 Å². The lowest BCUT2D eigenvalue weighted by Gasteiger charge is -2.41. The van der Waals surface area contributed by atoms with Crippen LogP contribution in [0.2, 0.25) is 0 Å². The number of benzene rings is 2. The zero-order chi connectivity index (χ0) is 17.4.